The third-order valence-corrected chi connectivity index (χ3v) is 5.99. The standard InChI is InChI=1S/C21H32FN5O2S/c1-21(2,3)29-20(28)27-8-6-25(7-9-27)18-5-4-16(14-17(18)22)15-24-19(23)26-10-12-30-13-11-26/h4-5,14H,6-13,15H2,1-3H3,(H2,23,24). The summed E-state index contributed by atoms with van der Waals surface area (Å²) in [4.78, 5) is 22.3. The van der Waals surface area contributed by atoms with Crippen LogP contribution in [0.15, 0.2) is 23.2 Å². The molecule has 0 aliphatic carbocycles. The molecule has 0 bridgehead atoms. The molecule has 9 heteroatoms. The minimum atomic E-state index is -0.519. The van der Waals surface area contributed by atoms with Gasteiger partial charge in [-0.25, -0.2) is 14.2 Å². The van der Waals surface area contributed by atoms with Crippen molar-refractivity contribution in [2.45, 2.75) is 32.9 Å². The van der Waals surface area contributed by atoms with Gasteiger partial charge in [0.05, 0.1) is 12.2 Å². The summed E-state index contributed by atoms with van der Waals surface area (Å²) in [6, 6.07) is 5.21. The first-order valence-electron chi connectivity index (χ1n) is 10.4. The fraction of sp³-hybridized carbons (Fsp3) is 0.619. The molecule has 3 rings (SSSR count). The molecular weight excluding hydrogens is 405 g/mol. The second-order valence-corrected chi connectivity index (χ2v) is 9.74. The van der Waals surface area contributed by atoms with Gasteiger partial charge < -0.3 is 25.2 Å². The van der Waals surface area contributed by atoms with Gasteiger partial charge in [0.15, 0.2) is 5.96 Å². The molecule has 2 aliphatic rings. The second-order valence-electron chi connectivity index (χ2n) is 8.51. The summed E-state index contributed by atoms with van der Waals surface area (Å²) in [5.74, 6) is 2.36. The second kappa shape index (κ2) is 9.76. The molecule has 1 amide bonds. The molecule has 2 heterocycles. The molecule has 7 nitrogen and oxygen atoms in total. The smallest absolute Gasteiger partial charge is 0.410 e. The van der Waals surface area contributed by atoms with Crippen LogP contribution in [0.4, 0.5) is 14.9 Å². The van der Waals surface area contributed by atoms with Gasteiger partial charge in [-0.1, -0.05) is 6.07 Å². The number of halogens is 1. The average Bonchev–Trinajstić information content (AvgIpc) is 2.71. The Morgan fingerprint density at radius 3 is 2.40 bits per heavy atom. The number of piperazine rings is 1. The van der Waals surface area contributed by atoms with Crippen LogP contribution in [0.2, 0.25) is 0 Å². The van der Waals surface area contributed by atoms with Crippen molar-refractivity contribution in [2.75, 3.05) is 55.7 Å². The number of rotatable bonds is 3. The van der Waals surface area contributed by atoms with E-state index in [0.717, 1.165) is 30.2 Å². The Labute approximate surface area is 182 Å². The van der Waals surface area contributed by atoms with Gasteiger partial charge in [-0.15, -0.1) is 0 Å². The summed E-state index contributed by atoms with van der Waals surface area (Å²) >= 11 is 1.92. The van der Waals surface area contributed by atoms with E-state index < -0.39 is 5.60 Å². The minimum absolute atomic E-state index is 0.277. The van der Waals surface area contributed by atoms with Crippen molar-refractivity contribution in [3.05, 3.63) is 29.6 Å². The summed E-state index contributed by atoms with van der Waals surface area (Å²) < 4.78 is 20.2. The zero-order valence-corrected chi connectivity index (χ0v) is 18.9. The number of guanidine groups is 1. The number of nitrogens with two attached hydrogens (primary N) is 1. The van der Waals surface area contributed by atoms with Gasteiger partial charge in [-0.05, 0) is 38.5 Å². The van der Waals surface area contributed by atoms with Crippen LogP contribution in [0.3, 0.4) is 0 Å². The Morgan fingerprint density at radius 2 is 1.80 bits per heavy atom. The fourth-order valence-electron chi connectivity index (χ4n) is 3.43. The lowest BCUT2D eigenvalue weighted by Gasteiger charge is -2.36. The molecule has 1 aromatic rings. The monoisotopic (exact) mass is 437 g/mol. The van der Waals surface area contributed by atoms with Crippen LogP contribution in [-0.2, 0) is 11.3 Å². The fourth-order valence-corrected chi connectivity index (χ4v) is 4.33. The van der Waals surface area contributed by atoms with Crippen molar-refractivity contribution in [3.63, 3.8) is 0 Å². The van der Waals surface area contributed by atoms with E-state index in [1.807, 2.05) is 43.5 Å². The Balaban J connectivity index is 1.55. The van der Waals surface area contributed by atoms with Crippen molar-refractivity contribution in [1.82, 2.24) is 9.80 Å². The van der Waals surface area contributed by atoms with Crippen LogP contribution in [0, 0.1) is 5.82 Å². The van der Waals surface area contributed by atoms with Crippen LogP contribution in [0.1, 0.15) is 26.3 Å². The number of ether oxygens (including phenoxy) is 1. The summed E-state index contributed by atoms with van der Waals surface area (Å²) in [5, 5.41) is 0. The number of aliphatic imine (C=N–C) groups is 1. The SMILES string of the molecule is CC(C)(C)OC(=O)N1CCN(c2ccc(CN=C(N)N3CCSCC3)cc2F)CC1. The molecule has 2 N–H and O–H groups in total. The molecule has 0 radical (unpaired) electrons. The lowest BCUT2D eigenvalue weighted by Crippen LogP contribution is -2.50. The first-order valence-corrected chi connectivity index (χ1v) is 11.5. The molecule has 1 aromatic carbocycles. The van der Waals surface area contributed by atoms with Gasteiger partial charge in [0.2, 0.25) is 0 Å². The maximum Gasteiger partial charge on any atom is 0.410 e. The van der Waals surface area contributed by atoms with E-state index in [4.69, 9.17) is 10.5 Å². The van der Waals surface area contributed by atoms with Crippen LogP contribution in [-0.4, -0.2) is 78.2 Å². The molecular formula is C21H32FN5O2S. The molecule has 30 heavy (non-hydrogen) atoms. The first-order chi connectivity index (χ1) is 14.2. The number of thioether (sulfide) groups is 1. The van der Waals surface area contributed by atoms with E-state index in [1.165, 1.54) is 6.07 Å². The average molecular weight is 438 g/mol. The third kappa shape index (κ3) is 6.17. The molecule has 2 saturated heterocycles. The highest BCUT2D eigenvalue weighted by Crippen LogP contribution is 2.23. The summed E-state index contributed by atoms with van der Waals surface area (Å²) in [5.41, 5.74) is 6.90. The van der Waals surface area contributed by atoms with Crippen molar-refractivity contribution in [1.29, 1.82) is 0 Å². The number of hydrogen-bond donors (Lipinski definition) is 1. The van der Waals surface area contributed by atoms with Gasteiger partial charge in [0, 0.05) is 50.8 Å². The molecule has 0 saturated carbocycles. The number of amides is 1. The minimum Gasteiger partial charge on any atom is -0.444 e. The largest absolute Gasteiger partial charge is 0.444 e. The zero-order valence-electron chi connectivity index (χ0n) is 18.1. The Bertz CT molecular complexity index is 769. The van der Waals surface area contributed by atoms with Gasteiger partial charge in [0.1, 0.15) is 11.4 Å². The third-order valence-electron chi connectivity index (χ3n) is 5.04. The highest BCUT2D eigenvalue weighted by molar-refractivity contribution is 7.99. The quantitative estimate of drug-likeness (QED) is 0.579. The van der Waals surface area contributed by atoms with E-state index in [9.17, 15) is 9.18 Å². The van der Waals surface area contributed by atoms with Gasteiger partial charge in [0.25, 0.3) is 0 Å². The van der Waals surface area contributed by atoms with E-state index >= 15 is 0 Å². The summed E-state index contributed by atoms with van der Waals surface area (Å²) in [6.07, 6.45) is -0.319. The zero-order chi connectivity index (χ0) is 21.7. The maximum absolute atomic E-state index is 14.8. The molecule has 2 aliphatic heterocycles. The van der Waals surface area contributed by atoms with Crippen molar-refractivity contribution in [3.8, 4) is 0 Å². The number of benzene rings is 1. The number of anilines is 1. The highest BCUT2D eigenvalue weighted by atomic mass is 32.2. The molecule has 2 fully saturated rings. The predicted molar refractivity (Wildman–Crippen MR) is 121 cm³/mol. The maximum atomic E-state index is 14.8. The van der Waals surface area contributed by atoms with Gasteiger partial charge in [-0.2, -0.15) is 11.8 Å². The van der Waals surface area contributed by atoms with Crippen LogP contribution in [0.25, 0.3) is 0 Å². The van der Waals surface area contributed by atoms with Crippen molar-refractivity contribution >= 4 is 29.5 Å². The lowest BCUT2D eigenvalue weighted by molar-refractivity contribution is 0.0240. The van der Waals surface area contributed by atoms with Crippen LogP contribution < -0.4 is 10.6 Å². The van der Waals surface area contributed by atoms with E-state index in [1.54, 1.807) is 11.0 Å². The Morgan fingerprint density at radius 1 is 1.13 bits per heavy atom. The van der Waals surface area contributed by atoms with Crippen LogP contribution >= 0.6 is 11.8 Å². The number of nitrogens with zero attached hydrogens (tertiary/aromatic N) is 4. The topological polar surface area (TPSA) is 74.4 Å². The Hall–Kier alpha value is -2.16. The lowest BCUT2D eigenvalue weighted by atomic mass is 10.1. The van der Waals surface area contributed by atoms with E-state index in [0.29, 0.717) is 44.4 Å². The number of carbonyl (C=O) groups is 1. The van der Waals surface area contributed by atoms with Gasteiger partial charge >= 0.3 is 6.09 Å². The Kier molecular flexibility index (Phi) is 7.33. The molecule has 166 valence electrons. The number of carbonyl (C=O) groups excluding carboxylic acids is 1. The van der Waals surface area contributed by atoms with Gasteiger partial charge in [-0.3, -0.25) is 0 Å². The van der Waals surface area contributed by atoms with E-state index in [2.05, 4.69) is 9.89 Å². The molecule has 0 spiro atoms. The number of hydrogen-bond acceptors (Lipinski definition) is 5. The van der Waals surface area contributed by atoms with Crippen molar-refractivity contribution < 1.29 is 13.9 Å². The first kappa shape index (κ1) is 22.5. The summed E-state index contributed by atoms with van der Waals surface area (Å²) in [7, 11) is 0. The molecule has 0 atom stereocenters. The molecule has 0 unspecified atom stereocenters. The van der Waals surface area contributed by atoms with E-state index in [-0.39, 0.29) is 11.9 Å². The summed E-state index contributed by atoms with van der Waals surface area (Å²) in [6.45, 7) is 9.85. The highest BCUT2D eigenvalue weighted by Gasteiger charge is 2.26. The predicted octanol–water partition coefficient (Wildman–Crippen LogP) is 2.75. The van der Waals surface area contributed by atoms with Crippen LogP contribution in [0.5, 0.6) is 0 Å². The molecule has 0 aromatic heterocycles. The normalized spacial score (nSPS) is 18.5. The van der Waals surface area contributed by atoms with Crippen molar-refractivity contribution in [2.24, 2.45) is 10.7 Å².